The molecule has 0 spiro atoms. The van der Waals surface area contributed by atoms with Crippen LogP contribution in [-0.4, -0.2) is 6.54 Å². The molecule has 0 unspecified atom stereocenters. The molecule has 1 aromatic rings. The van der Waals surface area contributed by atoms with Crippen molar-refractivity contribution in [2.24, 2.45) is 0 Å². The Morgan fingerprint density at radius 1 is 1.38 bits per heavy atom. The van der Waals surface area contributed by atoms with Gasteiger partial charge in [0.05, 0.1) is 0 Å². The van der Waals surface area contributed by atoms with Crippen LogP contribution in [0.25, 0.3) is 0 Å². The lowest BCUT2D eigenvalue weighted by Crippen LogP contribution is -2.12. The van der Waals surface area contributed by atoms with Gasteiger partial charge in [-0.05, 0) is 11.6 Å². The summed E-state index contributed by atoms with van der Waals surface area (Å²) in [5.41, 5.74) is 2.78. The Bertz CT molecular complexity index is 286. The van der Waals surface area contributed by atoms with Crippen LogP contribution in [0.2, 0.25) is 0 Å². The molecular formula is C10H11BrClN. The first-order valence-electron chi connectivity index (χ1n) is 4.04. The van der Waals surface area contributed by atoms with Crippen LogP contribution in [-0.2, 0) is 6.54 Å². The van der Waals surface area contributed by atoms with Crippen molar-refractivity contribution >= 4 is 27.5 Å². The Labute approximate surface area is 91.9 Å². The second kappa shape index (κ2) is 6.19. The van der Waals surface area contributed by atoms with Crippen LogP contribution < -0.4 is 5.32 Å². The van der Waals surface area contributed by atoms with Gasteiger partial charge in [-0.2, -0.15) is 0 Å². The third kappa shape index (κ3) is 3.94. The third-order valence-corrected chi connectivity index (χ3v) is 2.58. The van der Waals surface area contributed by atoms with Gasteiger partial charge in [0.15, 0.2) is 0 Å². The zero-order valence-corrected chi connectivity index (χ0v) is 9.48. The molecule has 0 atom stereocenters. The van der Waals surface area contributed by atoms with Gasteiger partial charge in [-0.1, -0.05) is 51.8 Å². The summed E-state index contributed by atoms with van der Waals surface area (Å²) in [6.45, 7) is 1.65. The maximum Gasteiger partial charge on any atom is 0.0220 e. The second-order valence-electron chi connectivity index (χ2n) is 2.58. The van der Waals surface area contributed by atoms with E-state index in [0.29, 0.717) is 0 Å². The monoisotopic (exact) mass is 259 g/mol. The van der Waals surface area contributed by atoms with Crippen molar-refractivity contribution in [3.05, 3.63) is 45.9 Å². The summed E-state index contributed by atoms with van der Waals surface area (Å²) in [6, 6.07) is 8.15. The van der Waals surface area contributed by atoms with Crippen molar-refractivity contribution in [1.29, 1.82) is 0 Å². The summed E-state index contributed by atoms with van der Waals surface area (Å²) in [5.74, 6) is 0. The van der Waals surface area contributed by atoms with Crippen molar-refractivity contribution in [2.45, 2.75) is 6.54 Å². The fourth-order valence-electron chi connectivity index (χ4n) is 0.976. The highest BCUT2D eigenvalue weighted by atomic mass is 79.9. The molecule has 70 valence electrons. The van der Waals surface area contributed by atoms with Gasteiger partial charge in [-0.15, -0.1) is 0 Å². The van der Waals surface area contributed by atoms with Crippen LogP contribution in [0.5, 0.6) is 0 Å². The number of nitrogens with one attached hydrogen (secondary N) is 1. The summed E-state index contributed by atoms with van der Waals surface area (Å²) in [6.07, 6.45) is 1.87. The van der Waals surface area contributed by atoms with Crippen molar-refractivity contribution in [1.82, 2.24) is 5.32 Å². The molecule has 0 aromatic heterocycles. The topological polar surface area (TPSA) is 12.0 Å². The number of benzene rings is 1. The zero-order valence-electron chi connectivity index (χ0n) is 7.13. The fraction of sp³-hybridized carbons (Fsp3) is 0.200. The molecule has 3 heteroatoms. The molecule has 13 heavy (non-hydrogen) atoms. The van der Waals surface area contributed by atoms with E-state index >= 15 is 0 Å². The Kier molecular flexibility index (Phi) is 5.13. The standard InChI is InChI=1S/C10H11BrClN/c11-10-5-2-1-4-9(10)8-13-7-3-6-12/h1-6,13H,7-8H2/b6-3+. The number of rotatable bonds is 4. The molecule has 0 heterocycles. The van der Waals surface area contributed by atoms with Crippen LogP contribution in [0.3, 0.4) is 0 Å². The number of halogens is 2. The quantitative estimate of drug-likeness (QED) is 0.819. The van der Waals surface area contributed by atoms with Crippen LogP contribution in [0.15, 0.2) is 40.3 Å². The molecule has 0 saturated heterocycles. The molecule has 0 bridgehead atoms. The van der Waals surface area contributed by atoms with Crippen LogP contribution >= 0.6 is 27.5 Å². The lowest BCUT2D eigenvalue weighted by Gasteiger charge is -2.03. The third-order valence-electron chi connectivity index (χ3n) is 1.62. The highest BCUT2D eigenvalue weighted by Crippen LogP contribution is 2.14. The van der Waals surface area contributed by atoms with Crippen molar-refractivity contribution in [2.75, 3.05) is 6.54 Å². The minimum atomic E-state index is 0.796. The first-order chi connectivity index (χ1) is 6.34. The van der Waals surface area contributed by atoms with E-state index in [9.17, 15) is 0 Å². The van der Waals surface area contributed by atoms with Gasteiger partial charge in [0.1, 0.15) is 0 Å². The highest BCUT2D eigenvalue weighted by molar-refractivity contribution is 9.10. The normalized spacial score (nSPS) is 10.9. The Morgan fingerprint density at radius 2 is 2.15 bits per heavy atom. The van der Waals surface area contributed by atoms with E-state index in [-0.39, 0.29) is 0 Å². The molecule has 0 saturated carbocycles. The predicted molar refractivity (Wildman–Crippen MR) is 60.8 cm³/mol. The van der Waals surface area contributed by atoms with Crippen LogP contribution in [0, 0.1) is 0 Å². The van der Waals surface area contributed by atoms with E-state index < -0.39 is 0 Å². The molecule has 0 aliphatic heterocycles. The minimum Gasteiger partial charge on any atom is -0.309 e. The van der Waals surface area contributed by atoms with Gasteiger partial charge < -0.3 is 5.32 Å². The molecule has 1 rings (SSSR count). The van der Waals surface area contributed by atoms with E-state index in [2.05, 4.69) is 27.3 Å². The van der Waals surface area contributed by atoms with Gasteiger partial charge in [0, 0.05) is 23.1 Å². The molecule has 0 aliphatic rings. The lowest BCUT2D eigenvalue weighted by molar-refractivity contribution is 0.757. The molecule has 1 nitrogen and oxygen atoms in total. The minimum absolute atomic E-state index is 0.796. The number of hydrogen-bond acceptors (Lipinski definition) is 1. The van der Waals surface area contributed by atoms with Gasteiger partial charge >= 0.3 is 0 Å². The van der Waals surface area contributed by atoms with Crippen LogP contribution in [0.4, 0.5) is 0 Å². The van der Waals surface area contributed by atoms with Gasteiger partial charge in [-0.25, -0.2) is 0 Å². The van der Waals surface area contributed by atoms with Crippen LogP contribution in [0.1, 0.15) is 5.56 Å². The van der Waals surface area contributed by atoms with E-state index in [1.54, 1.807) is 0 Å². The predicted octanol–water partition coefficient (Wildman–Crippen LogP) is 3.29. The maximum atomic E-state index is 5.38. The Hall–Kier alpha value is -0.310. The summed E-state index contributed by atoms with van der Waals surface area (Å²) < 4.78 is 1.14. The molecule has 1 aromatic carbocycles. The smallest absolute Gasteiger partial charge is 0.0220 e. The lowest BCUT2D eigenvalue weighted by atomic mass is 10.2. The molecule has 0 radical (unpaired) electrons. The van der Waals surface area contributed by atoms with Crippen molar-refractivity contribution in [3.8, 4) is 0 Å². The SMILES string of the molecule is Cl/C=C/CNCc1ccccc1Br. The van der Waals surface area contributed by atoms with Gasteiger partial charge in [0.2, 0.25) is 0 Å². The summed E-state index contributed by atoms with van der Waals surface area (Å²) >= 11 is 8.87. The molecular weight excluding hydrogens is 249 g/mol. The molecule has 0 fully saturated rings. The largest absolute Gasteiger partial charge is 0.309 e. The van der Waals surface area contributed by atoms with Gasteiger partial charge in [0.25, 0.3) is 0 Å². The summed E-state index contributed by atoms with van der Waals surface area (Å²) in [5, 5.41) is 3.24. The van der Waals surface area contributed by atoms with Crippen molar-refractivity contribution in [3.63, 3.8) is 0 Å². The average Bonchev–Trinajstić information content (AvgIpc) is 2.15. The van der Waals surface area contributed by atoms with E-state index in [1.807, 2.05) is 24.3 Å². The first-order valence-corrected chi connectivity index (χ1v) is 5.27. The summed E-state index contributed by atoms with van der Waals surface area (Å²) in [7, 11) is 0. The Balaban J connectivity index is 2.41. The van der Waals surface area contributed by atoms with E-state index in [4.69, 9.17) is 11.6 Å². The zero-order chi connectivity index (χ0) is 9.52. The van der Waals surface area contributed by atoms with Gasteiger partial charge in [-0.3, -0.25) is 0 Å². The molecule has 0 aliphatic carbocycles. The molecule has 1 N–H and O–H groups in total. The Morgan fingerprint density at radius 3 is 2.85 bits per heavy atom. The average molecular weight is 261 g/mol. The summed E-state index contributed by atoms with van der Waals surface area (Å²) in [4.78, 5) is 0. The fourth-order valence-corrected chi connectivity index (χ4v) is 1.49. The highest BCUT2D eigenvalue weighted by Gasteiger charge is 1.95. The maximum absolute atomic E-state index is 5.38. The van der Waals surface area contributed by atoms with E-state index in [1.165, 1.54) is 11.1 Å². The van der Waals surface area contributed by atoms with E-state index in [0.717, 1.165) is 17.6 Å². The number of hydrogen-bond donors (Lipinski definition) is 1. The second-order valence-corrected chi connectivity index (χ2v) is 3.69. The van der Waals surface area contributed by atoms with Crippen molar-refractivity contribution < 1.29 is 0 Å². The molecule has 0 amide bonds. The first kappa shape index (κ1) is 10.8.